The molecule has 3 N–H and O–H groups in total. The molecule has 3 rings (SSSR count). The maximum Gasteiger partial charge on any atom is 0.351 e. The quantitative estimate of drug-likeness (QED) is 0.285. The second kappa shape index (κ2) is 16.3. The van der Waals surface area contributed by atoms with Crippen molar-refractivity contribution in [2.24, 2.45) is 0 Å². The highest BCUT2D eigenvalue weighted by Crippen LogP contribution is 2.40. The fourth-order valence-electron chi connectivity index (χ4n) is 4.24. The molecule has 0 aliphatic carbocycles. The number of nitrogens with one attached hydrogen (secondary N) is 1. The van der Waals surface area contributed by atoms with E-state index in [9.17, 15) is 5.11 Å². The molecule has 2 aromatic carbocycles. The maximum atomic E-state index is 10.5. The highest BCUT2D eigenvalue weighted by atomic mass is 16.5. The Hall–Kier alpha value is -3.74. The zero-order chi connectivity index (χ0) is 28.8. The minimum Gasteiger partial charge on any atom is -0.539 e. The topological polar surface area (TPSA) is 151 Å². The van der Waals surface area contributed by atoms with Gasteiger partial charge in [-0.25, -0.2) is 4.79 Å². The first-order chi connectivity index (χ1) is 18.7. The summed E-state index contributed by atoms with van der Waals surface area (Å²) in [7, 11) is 4.75. The fraction of sp³-hybridized carbons (Fsp3) is 0.481. The molecule has 0 aromatic heterocycles. The number of carboxylic acid groups (broad SMARTS) is 2. The van der Waals surface area contributed by atoms with Crippen LogP contribution in [0.5, 0.6) is 23.0 Å². The lowest BCUT2D eigenvalue weighted by atomic mass is 10.2. The van der Waals surface area contributed by atoms with Gasteiger partial charge in [0.1, 0.15) is 18.4 Å². The Kier molecular flexibility index (Phi) is 13.1. The summed E-state index contributed by atoms with van der Waals surface area (Å²) in [6.07, 6.45) is -0.534. The van der Waals surface area contributed by atoms with Crippen LogP contribution in [0.2, 0.25) is 0 Å². The maximum absolute atomic E-state index is 10.5. The van der Waals surface area contributed by atoms with Gasteiger partial charge in [0, 0.05) is 5.56 Å². The van der Waals surface area contributed by atoms with E-state index in [1.54, 1.807) is 21.3 Å². The Morgan fingerprint density at radius 3 is 2.21 bits per heavy atom. The van der Waals surface area contributed by atoms with Gasteiger partial charge < -0.3 is 53.6 Å². The first kappa shape index (κ1) is 31.5. The highest BCUT2D eigenvalue weighted by Gasteiger charge is 2.24. The summed E-state index contributed by atoms with van der Waals surface area (Å²) < 4.78 is 27.8. The summed E-state index contributed by atoms with van der Waals surface area (Å²) >= 11 is 0. The standard InChI is InChI=1S/C25H36N2O6.C2H2O4/c1-5-33-22-9-7-6-8-21(22)27-14-12-26(13-15-27)16-20(28)18-32-17-19-10-11-23(29-2)25(31-4)24(19)30-3;3-1(4)2(5)6/h6-11,20,28H,5,12-18H2,1-4H3;(H,3,4)(H,5,6). The molecule has 1 fully saturated rings. The summed E-state index contributed by atoms with van der Waals surface area (Å²) in [5.74, 6) is -1.35. The van der Waals surface area contributed by atoms with Gasteiger partial charge in [0.15, 0.2) is 17.5 Å². The lowest BCUT2D eigenvalue weighted by Crippen LogP contribution is -3.16. The summed E-state index contributed by atoms with van der Waals surface area (Å²) in [6.45, 7) is 7.67. The molecule has 216 valence electrons. The molecule has 0 spiro atoms. The Morgan fingerprint density at radius 1 is 1.00 bits per heavy atom. The minimum absolute atomic E-state index is 0.262. The highest BCUT2D eigenvalue weighted by molar-refractivity contribution is 6.26. The average molecular weight is 551 g/mol. The summed E-state index contributed by atoms with van der Waals surface area (Å²) in [5.41, 5.74) is 1.99. The summed E-state index contributed by atoms with van der Waals surface area (Å²) in [4.78, 5) is 21.8. The number of ether oxygens (including phenoxy) is 5. The molecule has 0 radical (unpaired) electrons. The van der Waals surface area contributed by atoms with E-state index in [1.807, 2.05) is 37.3 Å². The molecule has 1 aliphatic rings. The molecular formula is C27H38N2O10. The predicted octanol–water partition coefficient (Wildman–Crippen LogP) is -0.785. The smallest absolute Gasteiger partial charge is 0.351 e. The summed E-state index contributed by atoms with van der Waals surface area (Å²) in [6, 6.07) is 11.9. The number of carbonyl (C=O) groups is 2. The summed E-state index contributed by atoms with van der Waals surface area (Å²) in [5, 5.41) is 26.8. The van der Waals surface area contributed by atoms with Gasteiger partial charge in [-0.05, 0) is 31.2 Å². The molecular weight excluding hydrogens is 512 g/mol. The molecule has 1 heterocycles. The average Bonchev–Trinajstić information content (AvgIpc) is 2.93. The number of anilines is 1. The third-order valence-corrected chi connectivity index (χ3v) is 6.03. The van der Waals surface area contributed by atoms with Crippen LogP contribution in [0.1, 0.15) is 12.5 Å². The number of benzene rings is 2. The molecule has 39 heavy (non-hydrogen) atoms. The molecule has 1 aliphatic heterocycles. The number of nitrogens with zero attached hydrogens (tertiary/aromatic N) is 1. The van der Waals surface area contributed by atoms with E-state index in [1.165, 1.54) is 4.90 Å². The Bertz CT molecular complexity index is 1040. The first-order valence-electron chi connectivity index (χ1n) is 12.5. The van der Waals surface area contributed by atoms with Crippen LogP contribution < -0.4 is 33.9 Å². The van der Waals surface area contributed by atoms with E-state index in [0.29, 0.717) is 37.0 Å². The van der Waals surface area contributed by atoms with Gasteiger partial charge in [0.05, 0.1) is 73.0 Å². The lowest BCUT2D eigenvalue weighted by molar-refractivity contribution is -0.903. The van der Waals surface area contributed by atoms with Crippen molar-refractivity contribution in [1.82, 2.24) is 0 Å². The normalized spacial score (nSPS) is 14.0. The number of aliphatic carboxylic acids is 2. The molecule has 0 bridgehead atoms. The van der Waals surface area contributed by atoms with Crippen LogP contribution in [-0.2, 0) is 20.9 Å². The molecule has 2 aromatic rings. The predicted molar refractivity (Wildman–Crippen MR) is 140 cm³/mol. The van der Waals surface area contributed by atoms with E-state index in [0.717, 1.165) is 43.2 Å². The first-order valence-corrected chi connectivity index (χ1v) is 12.5. The van der Waals surface area contributed by atoms with Crippen LogP contribution in [0.25, 0.3) is 0 Å². The number of carboxylic acids is 2. The van der Waals surface area contributed by atoms with Gasteiger partial charge >= 0.3 is 5.97 Å². The molecule has 0 amide bonds. The molecule has 1 atom stereocenters. The number of hydrogen-bond donors (Lipinski definition) is 3. The number of aliphatic hydroxyl groups excluding tert-OH is 1. The van der Waals surface area contributed by atoms with Gasteiger partial charge in [-0.2, -0.15) is 0 Å². The van der Waals surface area contributed by atoms with Crippen LogP contribution in [0.4, 0.5) is 5.69 Å². The van der Waals surface area contributed by atoms with Crippen LogP contribution in [0.3, 0.4) is 0 Å². The third-order valence-electron chi connectivity index (χ3n) is 6.03. The molecule has 12 nitrogen and oxygen atoms in total. The number of rotatable bonds is 12. The van der Waals surface area contributed by atoms with Gasteiger partial charge in [-0.15, -0.1) is 0 Å². The number of quaternary nitrogens is 1. The fourth-order valence-corrected chi connectivity index (χ4v) is 4.24. The van der Waals surface area contributed by atoms with Crippen LogP contribution >= 0.6 is 0 Å². The van der Waals surface area contributed by atoms with E-state index in [4.69, 9.17) is 43.5 Å². The van der Waals surface area contributed by atoms with Crippen molar-refractivity contribution in [3.63, 3.8) is 0 Å². The third kappa shape index (κ3) is 9.50. The number of methoxy groups -OCH3 is 3. The van der Waals surface area contributed by atoms with Crippen molar-refractivity contribution in [3.05, 3.63) is 42.0 Å². The van der Waals surface area contributed by atoms with Gasteiger partial charge in [-0.3, -0.25) is 0 Å². The van der Waals surface area contributed by atoms with E-state index < -0.39 is 18.0 Å². The number of aliphatic hydroxyl groups is 1. The largest absolute Gasteiger partial charge is 0.539 e. The van der Waals surface area contributed by atoms with Crippen molar-refractivity contribution in [3.8, 4) is 23.0 Å². The second-order valence-corrected chi connectivity index (χ2v) is 8.60. The van der Waals surface area contributed by atoms with Crippen molar-refractivity contribution in [1.29, 1.82) is 0 Å². The Morgan fingerprint density at radius 2 is 1.64 bits per heavy atom. The Labute approximate surface area is 228 Å². The number of hydrogen-bond acceptors (Lipinski definition) is 10. The molecule has 1 unspecified atom stereocenters. The number of carbonyl (C=O) groups excluding carboxylic acids is 1. The number of piperazine rings is 1. The zero-order valence-electron chi connectivity index (χ0n) is 22.8. The second-order valence-electron chi connectivity index (χ2n) is 8.60. The molecule has 0 saturated carbocycles. The van der Waals surface area contributed by atoms with Crippen molar-refractivity contribution in [2.75, 3.05) is 72.2 Å². The van der Waals surface area contributed by atoms with Crippen molar-refractivity contribution in [2.45, 2.75) is 19.6 Å². The lowest BCUT2D eigenvalue weighted by Gasteiger charge is -2.35. The Balaban J connectivity index is 0.000000798. The SMILES string of the molecule is CCOc1ccccc1N1CC[NH+](CC(O)COCc2ccc(OC)c(OC)c2OC)CC1.O=C([O-])C(=O)O. The molecule has 12 heteroatoms. The van der Waals surface area contributed by atoms with E-state index in [-0.39, 0.29) is 6.61 Å². The number of para-hydroxylation sites is 2. The van der Waals surface area contributed by atoms with E-state index in [2.05, 4.69) is 11.0 Å². The van der Waals surface area contributed by atoms with E-state index >= 15 is 0 Å². The van der Waals surface area contributed by atoms with Crippen LogP contribution in [-0.4, -0.2) is 95.5 Å². The zero-order valence-corrected chi connectivity index (χ0v) is 22.8. The van der Waals surface area contributed by atoms with Gasteiger partial charge in [0.2, 0.25) is 5.75 Å². The monoisotopic (exact) mass is 550 g/mol. The van der Waals surface area contributed by atoms with Crippen molar-refractivity contribution < 1.29 is 53.5 Å². The molecule has 1 saturated heterocycles. The van der Waals surface area contributed by atoms with Crippen molar-refractivity contribution >= 4 is 17.6 Å². The van der Waals surface area contributed by atoms with Crippen LogP contribution in [0, 0.1) is 0 Å². The van der Waals surface area contributed by atoms with Crippen LogP contribution in [0.15, 0.2) is 36.4 Å². The van der Waals surface area contributed by atoms with Gasteiger partial charge in [-0.1, -0.05) is 12.1 Å². The van der Waals surface area contributed by atoms with Gasteiger partial charge in [0.25, 0.3) is 0 Å². The minimum atomic E-state index is -2.07.